The van der Waals surface area contributed by atoms with Gasteiger partial charge in [0.25, 0.3) is 0 Å². The summed E-state index contributed by atoms with van der Waals surface area (Å²) in [6, 6.07) is 20.8. The summed E-state index contributed by atoms with van der Waals surface area (Å²) in [6.07, 6.45) is 0. The number of aryl methyl sites for hydroxylation is 1. The predicted octanol–water partition coefficient (Wildman–Crippen LogP) is 5.47. The van der Waals surface area contributed by atoms with Crippen LogP contribution in [0.25, 0.3) is 21.9 Å². The zero-order chi connectivity index (χ0) is 12.5. The van der Waals surface area contributed by atoms with Crippen LogP contribution < -0.4 is 0 Å². The first-order chi connectivity index (χ1) is 8.75. The SMILES string of the molecule is Cc1c(-c2ccc(Cl)cc2)ccc2ccccc12. The quantitative estimate of drug-likeness (QED) is 0.539. The lowest BCUT2D eigenvalue weighted by Gasteiger charge is -2.09. The number of fused-ring (bicyclic) bond motifs is 1. The summed E-state index contributed by atoms with van der Waals surface area (Å²) >= 11 is 5.93. The van der Waals surface area contributed by atoms with Gasteiger partial charge in [-0.1, -0.05) is 60.1 Å². The summed E-state index contributed by atoms with van der Waals surface area (Å²) in [5.41, 5.74) is 3.79. The van der Waals surface area contributed by atoms with Crippen LogP contribution in [0.1, 0.15) is 5.56 Å². The van der Waals surface area contributed by atoms with Crippen molar-refractivity contribution in [2.24, 2.45) is 0 Å². The highest BCUT2D eigenvalue weighted by atomic mass is 35.5. The summed E-state index contributed by atoms with van der Waals surface area (Å²) in [6.45, 7) is 2.17. The number of halogens is 1. The molecule has 3 rings (SSSR count). The summed E-state index contributed by atoms with van der Waals surface area (Å²) < 4.78 is 0. The summed E-state index contributed by atoms with van der Waals surface area (Å²) in [4.78, 5) is 0. The second kappa shape index (κ2) is 4.47. The zero-order valence-electron chi connectivity index (χ0n) is 10.2. The van der Waals surface area contributed by atoms with Crippen LogP contribution in [0.5, 0.6) is 0 Å². The number of hydrogen-bond donors (Lipinski definition) is 0. The maximum absolute atomic E-state index is 5.93. The molecule has 0 saturated heterocycles. The van der Waals surface area contributed by atoms with Crippen LogP contribution in [0.3, 0.4) is 0 Å². The highest BCUT2D eigenvalue weighted by Crippen LogP contribution is 2.30. The fraction of sp³-hybridized carbons (Fsp3) is 0.0588. The van der Waals surface area contributed by atoms with Crippen LogP contribution in [0.15, 0.2) is 60.7 Å². The second-order valence-electron chi connectivity index (χ2n) is 4.47. The second-order valence-corrected chi connectivity index (χ2v) is 4.90. The van der Waals surface area contributed by atoms with Crippen LogP contribution in [0.4, 0.5) is 0 Å². The number of benzene rings is 3. The van der Waals surface area contributed by atoms with Gasteiger partial charge in [0.1, 0.15) is 0 Å². The molecule has 0 N–H and O–H groups in total. The normalized spacial score (nSPS) is 10.8. The van der Waals surface area contributed by atoms with E-state index in [1.54, 1.807) is 0 Å². The Morgan fingerprint density at radius 2 is 1.50 bits per heavy atom. The highest BCUT2D eigenvalue weighted by molar-refractivity contribution is 6.30. The van der Waals surface area contributed by atoms with E-state index in [1.165, 1.54) is 27.5 Å². The monoisotopic (exact) mass is 252 g/mol. The van der Waals surface area contributed by atoms with E-state index in [1.807, 2.05) is 12.1 Å². The Morgan fingerprint density at radius 3 is 2.28 bits per heavy atom. The van der Waals surface area contributed by atoms with E-state index < -0.39 is 0 Å². The third-order valence-electron chi connectivity index (χ3n) is 3.35. The predicted molar refractivity (Wildman–Crippen MR) is 79.1 cm³/mol. The van der Waals surface area contributed by atoms with Crippen LogP contribution in [-0.2, 0) is 0 Å². The number of hydrogen-bond acceptors (Lipinski definition) is 0. The van der Waals surface area contributed by atoms with Crippen molar-refractivity contribution >= 4 is 22.4 Å². The largest absolute Gasteiger partial charge is 0.0843 e. The lowest BCUT2D eigenvalue weighted by atomic mass is 9.95. The van der Waals surface area contributed by atoms with Crippen molar-refractivity contribution in [2.75, 3.05) is 0 Å². The molecule has 0 unspecified atom stereocenters. The molecule has 0 atom stereocenters. The summed E-state index contributed by atoms with van der Waals surface area (Å²) in [7, 11) is 0. The average Bonchev–Trinajstić information content (AvgIpc) is 2.41. The molecule has 0 radical (unpaired) electrons. The minimum atomic E-state index is 0.775. The lowest BCUT2D eigenvalue weighted by Crippen LogP contribution is -1.85. The van der Waals surface area contributed by atoms with Gasteiger partial charge in [0.15, 0.2) is 0 Å². The van der Waals surface area contributed by atoms with Gasteiger partial charge in [-0.05, 0) is 46.5 Å². The molecule has 3 aromatic carbocycles. The van der Waals surface area contributed by atoms with E-state index in [4.69, 9.17) is 11.6 Å². The van der Waals surface area contributed by atoms with Gasteiger partial charge in [-0.15, -0.1) is 0 Å². The molecule has 0 aliphatic rings. The van der Waals surface area contributed by atoms with E-state index in [-0.39, 0.29) is 0 Å². The van der Waals surface area contributed by atoms with Crippen molar-refractivity contribution in [3.63, 3.8) is 0 Å². The molecule has 0 aliphatic carbocycles. The van der Waals surface area contributed by atoms with Crippen molar-refractivity contribution in [1.82, 2.24) is 0 Å². The van der Waals surface area contributed by atoms with Crippen LogP contribution in [0, 0.1) is 6.92 Å². The van der Waals surface area contributed by atoms with Gasteiger partial charge in [-0.25, -0.2) is 0 Å². The van der Waals surface area contributed by atoms with Gasteiger partial charge < -0.3 is 0 Å². The highest BCUT2D eigenvalue weighted by Gasteiger charge is 2.05. The van der Waals surface area contributed by atoms with Crippen molar-refractivity contribution in [1.29, 1.82) is 0 Å². The molecular formula is C17H13Cl. The van der Waals surface area contributed by atoms with Gasteiger partial charge in [0.05, 0.1) is 0 Å². The van der Waals surface area contributed by atoms with Gasteiger partial charge in [0.2, 0.25) is 0 Å². The molecule has 0 fully saturated rings. The zero-order valence-corrected chi connectivity index (χ0v) is 10.9. The van der Waals surface area contributed by atoms with Gasteiger partial charge in [0, 0.05) is 5.02 Å². The molecule has 0 spiro atoms. The van der Waals surface area contributed by atoms with E-state index in [0.29, 0.717) is 0 Å². The van der Waals surface area contributed by atoms with Crippen molar-refractivity contribution < 1.29 is 0 Å². The topological polar surface area (TPSA) is 0 Å². The Balaban J connectivity index is 2.24. The van der Waals surface area contributed by atoms with E-state index >= 15 is 0 Å². The lowest BCUT2D eigenvalue weighted by molar-refractivity contribution is 1.50. The van der Waals surface area contributed by atoms with Crippen molar-refractivity contribution in [2.45, 2.75) is 6.92 Å². The molecule has 0 aliphatic heterocycles. The molecule has 0 aromatic heterocycles. The van der Waals surface area contributed by atoms with Gasteiger partial charge >= 0.3 is 0 Å². The Bertz CT molecular complexity index is 696. The Labute approximate surface area is 112 Å². The van der Waals surface area contributed by atoms with Crippen LogP contribution in [-0.4, -0.2) is 0 Å². The molecule has 0 amide bonds. The fourth-order valence-electron chi connectivity index (χ4n) is 2.37. The molecule has 1 heteroatoms. The van der Waals surface area contributed by atoms with Crippen molar-refractivity contribution in [3.8, 4) is 11.1 Å². The molecule has 0 nitrogen and oxygen atoms in total. The Morgan fingerprint density at radius 1 is 0.778 bits per heavy atom. The van der Waals surface area contributed by atoms with Crippen LogP contribution in [0.2, 0.25) is 5.02 Å². The third kappa shape index (κ3) is 1.89. The molecule has 88 valence electrons. The maximum atomic E-state index is 5.93. The molecule has 0 bridgehead atoms. The fourth-order valence-corrected chi connectivity index (χ4v) is 2.50. The van der Waals surface area contributed by atoms with Crippen molar-refractivity contribution in [3.05, 3.63) is 71.2 Å². The first-order valence-electron chi connectivity index (χ1n) is 6.00. The van der Waals surface area contributed by atoms with E-state index in [0.717, 1.165) is 5.02 Å². The number of rotatable bonds is 1. The third-order valence-corrected chi connectivity index (χ3v) is 3.61. The van der Waals surface area contributed by atoms with Crippen LogP contribution >= 0.6 is 11.6 Å². The first-order valence-corrected chi connectivity index (χ1v) is 6.38. The smallest absolute Gasteiger partial charge is 0.0406 e. The Kier molecular flexibility index (Phi) is 2.81. The maximum Gasteiger partial charge on any atom is 0.0406 e. The summed E-state index contributed by atoms with van der Waals surface area (Å²) in [5, 5.41) is 3.37. The Hall–Kier alpha value is -1.79. The molecule has 18 heavy (non-hydrogen) atoms. The van der Waals surface area contributed by atoms with E-state index in [2.05, 4.69) is 55.5 Å². The summed E-state index contributed by atoms with van der Waals surface area (Å²) in [5.74, 6) is 0. The molecule has 0 saturated carbocycles. The molecule has 0 heterocycles. The van der Waals surface area contributed by atoms with Gasteiger partial charge in [-0.2, -0.15) is 0 Å². The standard InChI is InChI=1S/C17H13Cl/c1-12-16-5-3-2-4-13(16)8-11-17(12)14-6-9-15(18)10-7-14/h2-11H,1H3. The average molecular weight is 253 g/mol. The molecule has 3 aromatic rings. The first kappa shape index (κ1) is 11.3. The minimum absolute atomic E-state index is 0.775. The molecular weight excluding hydrogens is 240 g/mol. The van der Waals surface area contributed by atoms with Gasteiger partial charge in [-0.3, -0.25) is 0 Å². The van der Waals surface area contributed by atoms with E-state index in [9.17, 15) is 0 Å². The minimum Gasteiger partial charge on any atom is -0.0843 e.